The molecule has 0 bridgehead atoms. The fraction of sp³-hybridized carbons (Fsp3) is 0.357. The van der Waals surface area contributed by atoms with Crippen LogP contribution in [0.15, 0.2) is 30.3 Å². The molecule has 1 heterocycles. The number of hydrazine groups is 1. The van der Waals surface area contributed by atoms with Crippen LogP contribution in [0, 0.1) is 5.82 Å². The van der Waals surface area contributed by atoms with E-state index in [-0.39, 0.29) is 11.9 Å². The van der Waals surface area contributed by atoms with Gasteiger partial charge in [0.15, 0.2) is 0 Å². The fourth-order valence-corrected chi connectivity index (χ4v) is 2.11. The molecule has 0 aliphatic rings. The van der Waals surface area contributed by atoms with Crippen molar-refractivity contribution in [1.29, 1.82) is 0 Å². The summed E-state index contributed by atoms with van der Waals surface area (Å²) in [6.45, 7) is 2.07. The van der Waals surface area contributed by atoms with E-state index in [0.717, 1.165) is 23.4 Å². The van der Waals surface area contributed by atoms with Gasteiger partial charge in [-0.05, 0) is 30.2 Å². The number of nitrogens with two attached hydrogens (primary N) is 1. The molecule has 0 fully saturated rings. The lowest BCUT2D eigenvalue weighted by molar-refractivity contribution is 0.528. The molecule has 1 aromatic heterocycles. The van der Waals surface area contributed by atoms with Gasteiger partial charge < -0.3 is 0 Å². The molecule has 1 aromatic carbocycles. The standard InChI is InChI=1S/C14H19FN4/c1-3-12-8-13(19(2)18-12)9-14(17-16)10-4-6-11(15)7-5-10/h4-8,14,17H,3,9,16H2,1-2H3. The topological polar surface area (TPSA) is 55.9 Å². The molecule has 3 N–H and O–H groups in total. The van der Waals surface area contributed by atoms with Gasteiger partial charge in [0.2, 0.25) is 0 Å². The summed E-state index contributed by atoms with van der Waals surface area (Å²) < 4.78 is 14.8. The van der Waals surface area contributed by atoms with Gasteiger partial charge in [-0.2, -0.15) is 5.10 Å². The second kappa shape index (κ2) is 5.95. The first-order chi connectivity index (χ1) is 9.13. The summed E-state index contributed by atoms with van der Waals surface area (Å²) in [5, 5.41) is 4.41. The van der Waals surface area contributed by atoms with Gasteiger partial charge in [0.25, 0.3) is 0 Å². The zero-order valence-corrected chi connectivity index (χ0v) is 11.2. The van der Waals surface area contributed by atoms with Crippen molar-refractivity contribution >= 4 is 0 Å². The van der Waals surface area contributed by atoms with Crippen LogP contribution in [0.1, 0.15) is 29.9 Å². The van der Waals surface area contributed by atoms with Gasteiger partial charge >= 0.3 is 0 Å². The number of aromatic nitrogens is 2. The van der Waals surface area contributed by atoms with Crippen molar-refractivity contribution in [2.24, 2.45) is 12.9 Å². The van der Waals surface area contributed by atoms with Crippen molar-refractivity contribution in [3.63, 3.8) is 0 Å². The first kappa shape index (κ1) is 13.7. The summed E-state index contributed by atoms with van der Waals surface area (Å²) in [5.74, 6) is 5.36. The van der Waals surface area contributed by atoms with Crippen molar-refractivity contribution in [1.82, 2.24) is 15.2 Å². The Bertz CT molecular complexity index is 533. The Labute approximate surface area is 112 Å². The molecule has 0 saturated heterocycles. The highest BCUT2D eigenvalue weighted by Gasteiger charge is 2.14. The molecule has 0 amide bonds. The van der Waals surface area contributed by atoms with Crippen molar-refractivity contribution in [3.8, 4) is 0 Å². The Kier molecular flexibility index (Phi) is 4.29. The van der Waals surface area contributed by atoms with Crippen LogP contribution in [0.4, 0.5) is 4.39 Å². The van der Waals surface area contributed by atoms with E-state index in [1.807, 2.05) is 11.7 Å². The third kappa shape index (κ3) is 3.19. The first-order valence-electron chi connectivity index (χ1n) is 6.37. The van der Waals surface area contributed by atoms with Gasteiger partial charge in [-0.3, -0.25) is 16.0 Å². The maximum Gasteiger partial charge on any atom is 0.123 e. The van der Waals surface area contributed by atoms with Crippen LogP contribution in [-0.2, 0) is 19.9 Å². The van der Waals surface area contributed by atoms with Gasteiger partial charge in [-0.1, -0.05) is 19.1 Å². The third-order valence-electron chi connectivity index (χ3n) is 3.28. The molecule has 19 heavy (non-hydrogen) atoms. The molecule has 2 rings (SSSR count). The van der Waals surface area contributed by atoms with Crippen molar-refractivity contribution < 1.29 is 4.39 Å². The van der Waals surface area contributed by atoms with E-state index in [0.29, 0.717) is 6.42 Å². The predicted molar refractivity (Wildman–Crippen MR) is 72.8 cm³/mol. The smallest absolute Gasteiger partial charge is 0.123 e. The van der Waals surface area contributed by atoms with Crippen molar-refractivity contribution in [2.45, 2.75) is 25.8 Å². The van der Waals surface area contributed by atoms with Crippen molar-refractivity contribution in [2.75, 3.05) is 0 Å². The molecule has 5 heteroatoms. The van der Waals surface area contributed by atoms with E-state index < -0.39 is 0 Å². The van der Waals surface area contributed by atoms with E-state index in [1.54, 1.807) is 12.1 Å². The molecule has 2 aromatic rings. The molecule has 0 saturated carbocycles. The molecule has 1 unspecified atom stereocenters. The molecule has 1 atom stereocenters. The molecular formula is C14H19FN4. The van der Waals surface area contributed by atoms with Crippen LogP contribution in [0.3, 0.4) is 0 Å². The SMILES string of the molecule is CCc1cc(CC(NN)c2ccc(F)cc2)n(C)n1. The van der Waals surface area contributed by atoms with E-state index in [2.05, 4.69) is 23.5 Å². The maximum atomic E-state index is 12.9. The van der Waals surface area contributed by atoms with E-state index in [9.17, 15) is 4.39 Å². The highest BCUT2D eigenvalue weighted by atomic mass is 19.1. The minimum absolute atomic E-state index is 0.0549. The molecular weight excluding hydrogens is 243 g/mol. The highest BCUT2D eigenvalue weighted by Crippen LogP contribution is 2.18. The zero-order valence-electron chi connectivity index (χ0n) is 11.2. The van der Waals surface area contributed by atoms with E-state index in [4.69, 9.17) is 5.84 Å². The zero-order chi connectivity index (χ0) is 13.8. The van der Waals surface area contributed by atoms with Gasteiger partial charge in [0.1, 0.15) is 5.82 Å². The minimum atomic E-state index is -0.242. The highest BCUT2D eigenvalue weighted by molar-refractivity contribution is 5.22. The Hall–Kier alpha value is -1.72. The number of nitrogens with zero attached hydrogens (tertiary/aromatic N) is 2. The largest absolute Gasteiger partial charge is 0.272 e. The van der Waals surface area contributed by atoms with Crippen LogP contribution in [-0.4, -0.2) is 9.78 Å². The fourth-order valence-electron chi connectivity index (χ4n) is 2.11. The summed E-state index contributed by atoms with van der Waals surface area (Å²) in [4.78, 5) is 0. The molecule has 0 spiro atoms. The molecule has 0 aliphatic carbocycles. The summed E-state index contributed by atoms with van der Waals surface area (Å²) in [6, 6.07) is 8.41. The average molecular weight is 262 g/mol. The van der Waals surface area contributed by atoms with Crippen molar-refractivity contribution in [3.05, 3.63) is 53.1 Å². The Morgan fingerprint density at radius 3 is 2.58 bits per heavy atom. The second-order valence-corrected chi connectivity index (χ2v) is 4.58. The van der Waals surface area contributed by atoms with Crippen LogP contribution < -0.4 is 11.3 Å². The summed E-state index contributed by atoms with van der Waals surface area (Å²) >= 11 is 0. The quantitative estimate of drug-likeness (QED) is 0.639. The van der Waals surface area contributed by atoms with Crippen LogP contribution in [0.5, 0.6) is 0 Å². The number of halogens is 1. The lowest BCUT2D eigenvalue weighted by atomic mass is 10.0. The van der Waals surface area contributed by atoms with Crippen LogP contribution in [0.2, 0.25) is 0 Å². The number of hydrogen-bond donors (Lipinski definition) is 2. The number of hydrogen-bond acceptors (Lipinski definition) is 3. The lowest BCUT2D eigenvalue weighted by Crippen LogP contribution is -2.30. The van der Waals surface area contributed by atoms with E-state index in [1.165, 1.54) is 12.1 Å². The predicted octanol–water partition coefficient (Wildman–Crippen LogP) is 1.87. The Morgan fingerprint density at radius 2 is 2.05 bits per heavy atom. The van der Waals surface area contributed by atoms with Gasteiger partial charge in [0, 0.05) is 19.2 Å². The number of aryl methyl sites for hydroxylation is 2. The summed E-state index contributed by atoms with van der Waals surface area (Å²) in [5.41, 5.74) is 5.90. The summed E-state index contributed by atoms with van der Waals surface area (Å²) in [7, 11) is 1.92. The second-order valence-electron chi connectivity index (χ2n) is 4.58. The lowest BCUT2D eigenvalue weighted by Gasteiger charge is -2.16. The molecule has 102 valence electrons. The van der Waals surface area contributed by atoms with Gasteiger partial charge in [0.05, 0.1) is 11.7 Å². The number of rotatable bonds is 5. The van der Waals surface area contributed by atoms with E-state index >= 15 is 0 Å². The minimum Gasteiger partial charge on any atom is -0.272 e. The molecule has 0 aliphatic heterocycles. The molecule has 0 radical (unpaired) electrons. The monoisotopic (exact) mass is 262 g/mol. The number of benzene rings is 1. The van der Waals surface area contributed by atoms with Crippen LogP contribution in [0.25, 0.3) is 0 Å². The van der Waals surface area contributed by atoms with Gasteiger partial charge in [-0.15, -0.1) is 0 Å². The normalized spacial score (nSPS) is 12.6. The average Bonchev–Trinajstić information content (AvgIpc) is 2.78. The maximum absolute atomic E-state index is 12.9. The number of nitrogens with one attached hydrogen (secondary N) is 1. The summed E-state index contributed by atoms with van der Waals surface area (Å²) in [6.07, 6.45) is 1.62. The van der Waals surface area contributed by atoms with Crippen LogP contribution >= 0.6 is 0 Å². The molecule has 4 nitrogen and oxygen atoms in total. The first-order valence-corrected chi connectivity index (χ1v) is 6.37. The Balaban J connectivity index is 2.18. The van der Waals surface area contributed by atoms with Gasteiger partial charge in [-0.25, -0.2) is 4.39 Å². The Morgan fingerprint density at radius 1 is 1.37 bits per heavy atom. The third-order valence-corrected chi connectivity index (χ3v) is 3.28.